The summed E-state index contributed by atoms with van der Waals surface area (Å²) in [5.41, 5.74) is 3.95. The highest BCUT2D eigenvalue weighted by Gasteiger charge is 2.36. The van der Waals surface area contributed by atoms with E-state index in [4.69, 9.17) is 5.73 Å². The number of halogens is 4. The maximum absolute atomic E-state index is 12.5. The molecule has 0 atom stereocenters. The first-order chi connectivity index (χ1) is 6.36. The monoisotopic (exact) mass is 269 g/mol. The van der Waals surface area contributed by atoms with Crippen molar-refractivity contribution in [2.45, 2.75) is 6.18 Å². The van der Waals surface area contributed by atoms with E-state index < -0.39 is 11.7 Å². The maximum Gasteiger partial charge on any atom is 0.421 e. The van der Waals surface area contributed by atoms with Crippen LogP contribution in [0, 0.1) is 0 Å². The highest BCUT2D eigenvalue weighted by atomic mass is 79.9. The van der Waals surface area contributed by atoms with Crippen LogP contribution in [-0.4, -0.2) is 7.11 Å². The van der Waals surface area contributed by atoms with Gasteiger partial charge in [0.2, 0.25) is 0 Å². The molecule has 0 aliphatic carbocycles. The summed E-state index contributed by atoms with van der Waals surface area (Å²) in [4.78, 5) is 0. The van der Waals surface area contributed by atoms with Crippen molar-refractivity contribution in [1.82, 2.24) is 0 Å². The van der Waals surface area contributed by atoms with E-state index in [-0.39, 0.29) is 11.4 Å². The molecule has 78 valence electrons. The Morgan fingerprint density at radius 3 is 2.36 bits per heavy atom. The van der Waals surface area contributed by atoms with Crippen molar-refractivity contribution in [3.05, 3.63) is 22.2 Å². The predicted molar refractivity (Wildman–Crippen MR) is 50.1 cm³/mol. The van der Waals surface area contributed by atoms with Crippen LogP contribution in [0.4, 0.5) is 18.9 Å². The lowest BCUT2D eigenvalue weighted by atomic mass is 10.1. The number of nitrogens with two attached hydrogens (primary N) is 1. The number of alkyl halides is 3. The Labute approximate surface area is 87.0 Å². The van der Waals surface area contributed by atoms with Gasteiger partial charge in [0.05, 0.1) is 7.11 Å². The fourth-order valence-corrected chi connectivity index (χ4v) is 1.52. The molecular weight excluding hydrogens is 263 g/mol. The van der Waals surface area contributed by atoms with Gasteiger partial charge in [-0.25, -0.2) is 0 Å². The van der Waals surface area contributed by atoms with E-state index in [0.717, 1.165) is 7.11 Å². The molecule has 0 spiro atoms. The van der Waals surface area contributed by atoms with E-state index in [0.29, 0.717) is 4.47 Å². The molecule has 1 rings (SSSR count). The quantitative estimate of drug-likeness (QED) is 0.796. The first kappa shape index (κ1) is 11.2. The van der Waals surface area contributed by atoms with E-state index in [1.807, 2.05) is 0 Å². The second kappa shape index (κ2) is 3.68. The summed E-state index contributed by atoms with van der Waals surface area (Å²) < 4.78 is 42.4. The van der Waals surface area contributed by atoms with Crippen molar-refractivity contribution in [1.29, 1.82) is 0 Å². The summed E-state index contributed by atoms with van der Waals surface area (Å²) in [5, 5.41) is 0. The van der Waals surface area contributed by atoms with E-state index in [1.54, 1.807) is 0 Å². The molecule has 0 saturated carbocycles. The van der Waals surface area contributed by atoms with Crippen LogP contribution >= 0.6 is 15.9 Å². The normalized spacial score (nSPS) is 11.5. The molecule has 0 bridgehead atoms. The zero-order chi connectivity index (χ0) is 10.9. The minimum Gasteiger partial charge on any atom is -0.496 e. The van der Waals surface area contributed by atoms with Gasteiger partial charge in [0, 0.05) is 10.2 Å². The molecule has 0 radical (unpaired) electrons. The van der Waals surface area contributed by atoms with Crippen LogP contribution in [0.25, 0.3) is 0 Å². The number of anilines is 1. The van der Waals surface area contributed by atoms with Gasteiger partial charge in [0.25, 0.3) is 0 Å². The molecule has 0 aliphatic rings. The summed E-state index contributed by atoms with van der Waals surface area (Å²) in [5.74, 6) is -0.288. The second-order valence-corrected chi connectivity index (χ2v) is 3.49. The number of methoxy groups -OCH3 is 1. The van der Waals surface area contributed by atoms with Crippen LogP contribution in [0.1, 0.15) is 5.56 Å². The fourth-order valence-electron chi connectivity index (χ4n) is 1.07. The summed E-state index contributed by atoms with van der Waals surface area (Å²) in [6.45, 7) is 0. The van der Waals surface area contributed by atoms with E-state index in [1.165, 1.54) is 12.1 Å². The summed E-state index contributed by atoms with van der Waals surface area (Å²) >= 11 is 3.03. The minimum absolute atomic E-state index is 0.288. The van der Waals surface area contributed by atoms with Gasteiger partial charge in [-0.3, -0.25) is 0 Å². The zero-order valence-electron chi connectivity index (χ0n) is 7.15. The van der Waals surface area contributed by atoms with Crippen LogP contribution in [0.5, 0.6) is 5.75 Å². The highest BCUT2D eigenvalue weighted by Crippen LogP contribution is 2.41. The lowest BCUT2D eigenvalue weighted by Crippen LogP contribution is -2.11. The number of benzene rings is 1. The van der Waals surface area contributed by atoms with Crippen LogP contribution < -0.4 is 10.5 Å². The Morgan fingerprint density at radius 2 is 1.93 bits per heavy atom. The maximum atomic E-state index is 12.5. The lowest BCUT2D eigenvalue weighted by molar-refractivity contribution is -0.138. The van der Waals surface area contributed by atoms with E-state index in [2.05, 4.69) is 20.7 Å². The molecule has 0 fully saturated rings. The average molecular weight is 270 g/mol. The first-order valence-corrected chi connectivity index (χ1v) is 4.35. The predicted octanol–water partition coefficient (Wildman–Crippen LogP) is 3.06. The van der Waals surface area contributed by atoms with Crippen LogP contribution in [-0.2, 0) is 6.18 Å². The minimum atomic E-state index is -4.50. The van der Waals surface area contributed by atoms with Crippen molar-refractivity contribution in [2.24, 2.45) is 0 Å². The van der Waals surface area contributed by atoms with Crippen LogP contribution in [0.3, 0.4) is 0 Å². The molecule has 6 heteroatoms. The molecule has 1 aromatic carbocycles. The Hall–Kier alpha value is -0.910. The molecule has 0 unspecified atom stereocenters. The van der Waals surface area contributed by atoms with Crippen molar-refractivity contribution in [2.75, 3.05) is 12.8 Å². The third kappa shape index (κ3) is 2.12. The molecule has 2 nitrogen and oxygen atoms in total. The third-order valence-electron chi connectivity index (χ3n) is 1.60. The smallest absolute Gasteiger partial charge is 0.421 e. The van der Waals surface area contributed by atoms with Gasteiger partial charge in [-0.1, -0.05) is 15.9 Å². The van der Waals surface area contributed by atoms with Gasteiger partial charge < -0.3 is 10.5 Å². The molecule has 1 aromatic rings. The van der Waals surface area contributed by atoms with Gasteiger partial charge in [-0.15, -0.1) is 0 Å². The van der Waals surface area contributed by atoms with Crippen LogP contribution in [0.2, 0.25) is 0 Å². The second-order valence-electron chi connectivity index (χ2n) is 2.57. The van der Waals surface area contributed by atoms with Gasteiger partial charge in [-0.05, 0) is 12.1 Å². The Morgan fingerprint density at radius 1 is 1.36 bits per heavy atom. The summed E-state index contributed by atoms with van der Waals surface area (Å²) in [6.07, 6.45) is -4.50. The first-order valence-electron chi connectivity index (χ1n) is 3.56. The van der Waals surface area contributed by atoms with Crippen LogP contribution in [0.15, 0.2) is 16.6 Å². The molecule has 0 aliphatic heterocycles. The van der Waals surface area contributed by atoms with Gasteiger partial charge in [0.15, 0.2) is 0 Å². The van der Waals surface area contributed by atoms with Crippen molar-refractivity contribution in [3.63, 3.8) is 0 Å². The number of hydrogen-bond acceptors (Lipinski definition) is 2. The summed E-state index contributed by atoms with van der Waals surface area (Å²) in [7, 11) is 1.16. The fraction of sp³-hybridized carbons (Fsp3) is 0.250. The molecule has 2 N–H and O–H groups in total. The Kier molecular flexibility index (Phi) is 2.94. The topological polar surface area (TPSA) is 35.2 Å². The van der Waals surface area contributed by atoms with E-state index in [9.17, 15) is 13.2 Å². The number of rotatable bonds is 1. The highest BCUT2D eigenvalue weighted by molar-refractivity contribution is 9.10. The molecule has 14 heavy (non-hydrogen) atoms. The molecule has 0 saturated heterocycles. The van der Waals surface area contributed by atoms with Gasteiger partial charge in [-0.2, -0.15) is 13.2 Å². The molecular formula is C8H7BrF3NO. The third-order valence-corrected chi connectivity index (χ3v) is 2.06. The molecule has 0 aromatic heterocycles. The largest absolute Gasteiger partial charge is 0.496 e. The zero-order valence-corrected chi connectivity index (χ0v) is 8.74. The van der Waals surface area contributed by atoms with E-state index >= 15 is 0 Å². The van der Waals surface area contributed by atoms with Gasteiger partial charge >= 0.3 is 6.18 Å². The number of ether oxygens (including phenoxy) is 1. The van der Waals surface area contributed by atoms with Crippen molar-refractivity contribution in [3.8, 4) is 5.75 Å². The van der Waals surface area contributed by atoms with Crippen molar-refractivity contribution < 1.29 is 17.9 Å². The average Bonchev–Trinajstić information content (AvgIpc) is 1.99. The number of hydrogen-bond donors (Lipinski definition) is 1. The van der Waals surface area contributed by atoms with Crippen molar-refractivity contribution >= 4 is 21.6 Å². The summed E-state index contributed by atoms with van der Waals surface area (Å²) in [6, 6.07) is 2.41. The molecule has 0 heterocycles. The van der Waals surface area contributed by atoms with Gasteiger partial charge in [0.1, 0.15) is 11.3 Å². The standard InChI is InChI=1S/C8H7BrF3NO/c1-14-6-3-4(9)2-5(13)7(6)8(10,11)12/h2-3H,13H2,1H3. The lowest BCUT2D eigenvalue weighted by Gasteiger charge is -2.14. The SMILES string of the molecule is COc1cc(Br)cc(N)c1C(F)(F)F. The number of nitrogen functional groups attached to an aromatic ring is 1. The Balaban J connectivity index is 3.40. The molecule has 0 amide bonds. The Bertz CT molecular complexity index is 351.